The van der Waals surface area contributed by atoms with Gasteiger partial charge in [-0.15, -0.1) is 11.3 Å². The smallest absolute Gasteiger partial charge is 0.122 e. The van der Waals surface area contributed by atoms with Crippen molar-refractivity contribution in [1.29, 1.82) is 0 Å². The van der Waals surface area contributed by atoms with E-state index in [1.54, 1.807) is 11.3 Å². The van der Waals surface area contributed by atoms with E-state index in [0.29, 0.717) is 12.0 Å². The molecule has 1 aliphatic heterocycles. The first-order valence-corrected chi connectivity index (χ1v) is 6.89. The van der Waals surface area contributed by atoms with E-state index in [2.05, 4.69) is 24.1 Å². The molecule has 2 rings (SSSR count). The molecule has 2 atom stereocenters. The highest BCUT2D eigenvalue weighted by molar-refractivity contribution is 7.09. The average Bonchev–Trinajstić information content (AvgIpc) is 2.80. The van der Waals surface area contributed by atoms with Gasteiger partial charge in [-0.3, -0.25) is 0 Å². The van der Waals surface area contributed by atoms with Crippen molar-refractivity contribution in [2.24, 2.45) is 5.92 Å². The standard InChI is InChI=1S/C12H20N2OS/c1-9(2)14-8-10-4-3-6-15-11(10)12-13-5-7-16-12/h5,7,9-11,14H,3-4,6,8H2,1-2H3. The van der Waals surface area contributed by atoms with Crippen LogP contribution in [0.1, 0.15) is 37.8 Å². The third-order valence-corrected chi connectivity index (χ3v) is 3.76. The van der Waals surface area contributed by atoms with Crippen molar-refractivity contribution < 1.29 is 4.74 Å². The Hall–Kier alpha value is -0.450. The summed E-state index contributed by atoms with van der Waals surface area (Å²) < 4.78 is 5.88. The largest absolute Gasteiger partial charge is 0.371 e. The SMILES string of the molecule is CC(C)NCC1CCCOC1c1nccs1. The number of aromatic nitrogens is 1. The second-order valence-corrected chi connectivity index (χ2v) is 5.55. The number of hydrogen-bond donors (Lipinski definition) is 1. The molecule has 1 saturated heterocycles. The number of hydrogen-bond acceptors (Lipinski definition) is 4. The molecule has 4 heteroatoms. The van der Waals surface area contributed by atoms with Crippen LogP contribution in [0.4, 0.5) is 0 Å². The zero-order valence-corrected chi connectivity index (χ0v) is 10.8. The Labute approximate surface area is 101 Å². The molecule has 0 bridgehead atoms. The summed E-state index contributed by atoms with van der Waals surface area (Å²) in [5.74, 6) is 0.572. The number of nitrogens with one attached hydrogen (secondary N) is 1. The minimum atomic E-state index is 0.208. The van der Waals surface area contributed by atoms with Gasteiger partial charge >= 0.3 is 0 Å². The molecule has 2 unspecified atom stereocenters. The molecule has 0 aliphatic carbocycles. The fraction of sp³-hybridized carbons (Fsp3) is 0.750. The van der Waals surface area contributed by atoms with Crippen LogP contribution in [0, 0.1) is 5.92 Å². The highest BCUT2D eigenvalue weighted by Crippen LogP contribution is 2.34. The molecule has 0 spiro atoms. The van der Waals surface area contributed by atoms with Gasteiger partial charge in [0.05, 0.1) is 0 Å². The van der Waals surface area contributed by atoms with E-state index >= 15 is 0 Å². The van der Waals surface area contributed by atoms with Gasteiger partial charge in [-0.1, -0.05) is 13.8 Å². The minimum absolute atomic E-state index is 0.208. The van der Waals surface area contributed by atoms with Crippen LogP contribution >= 0.6 is 11.3 Å². The van der Waals surface area contributed by atoms with Crippen molar-refractivity contribution in [3.8, 4) is 0 Å². The van der Waals surface area contributed by atoms with E-state index < -0.39 is 0 Å². The first-order valence-electron chi connectivity index (χ1n) is 6.01. The van der Waals surface area contributed by atoms with Gasteiger partial charge in [0.15, 0.2) is 0 Å². The molecule has 0 amide bonds. The molecule has 1 fully saturated rings. The highest BCUT2D eigenvalue weighted by Gasteiger charge is 2.28. The second-order valence-electron chi connectivity index (χ2n) is 4.63. The second kappa shape index (κ2) is 5.75. The first-order chi connectivity index (χ1) is 7.77. The van der Waals surface area contributed by atoms with Gasteiger partial charge in [0, 0.05) is 36.7 Å². The van der Waals surface area contributed by atoms with Crippen LogP contribution in [-0.2, 0) is 4.74 Å². The number of thiazole rings is 1. The molecule has 0 saturated carbocycles. The quantitative estimate of drug-likeness (QED) is 0.878. The maximum atomic E-state index is 5.88. The van der Waals surface area contributed by atoms with Gasteiger partial charge in [-0.2, -0.15) is 0 Å². The van der Waals surface area contributed by atoms with Gasteiger partial charge in [-0.25, -0.2) is 4.98 Å². The minimum Gasteiger partial charge on any atom is -0.371 e. The summed E-state index contributed by atoms with van der Waals surface area (Å²) in [6, 6.07) is 0.541. The Balaban J connectivity index is 1.97. The lowest BCUT2D eigenvalue weighted by atomic mass is 9.94. The molecule has 1 aromatic heterocycles. The van der Waals surface area contributed by atoms with Crippen LogP contribution in [0.5, 0.6) is 0 Å². The van der Waals surface area contributed by atoms with E-state index in [1.165, 1.54) is 12.8 Å². The Morgan fingerprint density at radius 2 is 2.50 bits per heavy atom. The molecular weight excluding hydrogens is 220 g/mol. The Morgan fingerprint density at radius 1 is 1.62 bits per heavy atom. The van der Waals surface area contributed by atoms with Crippen LogP contribution in [-0.4, -0.2) is 24.2 Å². The Bertz CT molecular complexity index is 300. The van der Waals surface area contributed by atoms with Crippen molar-refractivity contribution in [2.75, 3.05) is 13.2 Å². The van der Waals surface area contributed by atoms with Gasteiger partial charge < -0.3 is 10.1 Å². The molecule has 1 aromatic rings. The zero-order valence-electron chi connectivity index (χ0n) is 9.98. The van der Waals surface area contributed by atoms with E-state index in [4.69, 9.17) is 4.74 Å². The normalized spacial score (nSPS) is 26.2. The third-order valence-electron chi connectivity index (χ3n) is 2.93. The fourth-order valence-corrected chi connectivity index (χ4v) is 2.86. The lowest BCUT2D eigenvalue weighted by molar-refractivity contribution is -0.0283. The third kappa shape index (κ3) is 3.03. The topological polar surface area (TPSA) is 34.1 Å². The van der Waals surface area contributed by atoms with Gasteiger partial charge in [0.25, 0.3) is 0 Å². The van der Waals surface area contributed by atoms with Crippen LogP contribution in [0.3, 0.4) is 0 Å². The summed E-state index contributed by atoms with van der Waals surface area (Å²) in [4.78, 5) is 4.38. The first kappa shape index (κ1) is 12.0. The summed E-state index contributed by atoms with van der Waals surface area (Å²) in [5, 5.41) is 6.67. The maximum absolute atomic E-state index is 5.88. The zero-order chi connectivity index (χ0) is 11.4. The summed E-state index contributed by atoms with van der Waals surface area (Å²) >= 11 is 1.70. The van der Waals surface area contributed by atoms with E-state index in [9.17, 15) is 0 Å². The summed E-state index contributed by atoms with van der Waals surface area (Å²) in [7, 11) is 0. The molecule has 0 aromatic carbocycles. The summed E-state index contributed by atoms with van der Waals surface area (Å²) in [6.45, 7) is 6.27. The van der Waals surface area contributed by atoms with E-state index in [-0.39, 0.29) is 6.10 Å². The predicted octanol–water partition coefficient (Wildman–Crippen LogP) is 2.61. The van der Waals surface area contributed by atoms with Crippen molar-refractivity contribution in [3.63, 3.8) is 0 Å². The molecule has 0 radical (unpaired) electrons. The molecule has 1 N–H and O–H groups in total. The number of nitrogens with zero attached hydrogens (tertiary/aromatic N) is 1. The van der Waals surface area contributed by atoms with Crippen molar-refractivity contribution in [1.82, 2.24) is 10.3 Å². The van der Waals surface area contributed by atoms with Crippen molar-refractivity contribution >= 4 is 11.3 Å². The fourth-order valence-electron chi connectivity index (χ4n) is 2.09. The maximum Gasteiger partial charge on any atom is 0.122 e. The lowest BCUT2D eigenvalue weighted by Crippen LogP contribution is -2.35. The van der Waals surface area contributed by atoms with Gasteiger partial charge in [0.1, 0.15) is 11.1 Å². The Kier molecular flexibility index (Phi) is 4.32. The average molecular weight is 240 g/mol. The Morgan fingerprint density at radius 3 is 3.19 bits per heavy atom. The number of rotatable bonds is 4. The molecule has 16 heavy (non-hydrogen) atoms. The van der Waals surface area contributed by atoms with Crippen LogP contribution in [0.15, 0.2) is 11.6 Å². The summed E-state index contributed by atoms with van der Waals surface area (Å²) in [5.41, 5.74) is 0. The highest BCUT2D eigenvalue weighted by atomic mass is 32.1. The molecule has 90 valence electrons. The molecule has 1 aliphatic rings. The number of ether oxygens (including phenoxy) is 1. The van der Waals surface area contributed by atoms with Crippen molar-refractivity contribution in [2.45, 2.75) is 38.8 Å². The monoisotopic (exact) mass is 240 g/mol. The van der Waals surface area contributed by atoms with E-state index in [1.807, 2.05) is 11.6 Å². The molecule has 2 heterocycles. The molecule has 3 nitrogen and oxygen atoms in total. The summed E-state index contributed by atoms with van der Waals surface area (Å²) in [6.07, 6.45) is 4.49. The molecular formula is C12H20N2OS. The van der Waals surface area contributed by atoms with Crippen LogP contribution < -0.4 is 5.32 Å². The van der Waals surface area contributed by atoms with Crippen molar-refractivity contribution in [3.05, 3.63) is 16.6 Å². The van der Waals surface area contributed by atoms with Crippen LogP contribution in [0.25, 0.3) is 0 Å². The lowest BCUT2D eigenvalue weighted by Gasteiger charge is -2.31. The predicted molar refractivity (Wildman–Crippen MR) is 66.7 cm³/mol. The van der Waals surface area contributed by atoms with Crippen LogP contribution in [0.2, 0.25) is 0 Å². The van der Waals surface area contributed by atoms with E-state index in [0.717, 1.165) is 18.2 Å². The van der Waals surface area contributed by atoms with Gasteiger partial charge in [-0.05, 0) is 12.8 Å². The van der Waals surface area contributed by atoms with Gasteiger partial charge in [0.2, 0.25) is 0 Å².